The minimum Gasteiger partial charge on any atom is -0.481 e. The molecule has 0 aromatic rings. The molecule has 2 N–H and O–H groups in total. The molecule has 6 bridgehead atoms. The lowest BCUT2D eigenvalue weighted by Crippen LogP contribution is -2.39. The third-order valence-electron chi connectivity index (χ3n) is 15.6. The molecule has 1 heterocycles. The van der Waals surface area contributed by atoms with Gasteiger partial charge >= 0.3 is 29.8 Å². The maximum absolute atomic E-state index is 13.5. The summed E-state index contributed by atoms with van der Waals surface area (Å²) in [5.74, 6) is -0.572. The van der Waals surface area contributed by atoms with E-state index in [0.717, 1.165) is 38.5 Å². The van der Waals surface area contributed by atoms with Crippen LogP contribution >= 0.6 is 0 Å². The van der Waals surface area contributed by atoms with Crippen LogP contribution in [0.1, 0.15) is 105 Å². The summed E-state index contributed by atoms with van der Waals surface area (Å²) < 4.78 is 16.9. The van der Waals surface area contributed by atoms with Gasteiger partial charge in [0.15, 0.2) is 0 Å². The number of carboxylic acid groups (broad SMARTS) is 1. The van der Waals surface area contributed by atoms with Gasteiger partial charge in [0, 0.05) is 6.61 Å². The van der Waals surface area contributed by atoms with Crippen molar-refractivity contribution in [1.29, 1.82) is 0 Å². The molecule has 10 heteroatoms. The van der Waals surface area contributed by atoms with E-state index in [1.54, 1.807) is 0 Å². The number of hydrogen-bond donors (Lipinski definition) is 2. The topological polar surface area (TPSA) is 154 Å². The van der Waals surface area contributed by atoms with Crippen molar-refractivity contribution in [3.63, 3.8) is 0 Å². The highest BCUT2D eigenvalue weighted by atomic mass is 16.6. The Labute approximate surface area is 302 Å². The first-order valence-corrected chi connectivity index (χ1v) is 20.1. The fourth-order valence-corrected chi connectivity index (χ4v) is 13.4. The predicted molar refractivity (Wildman–Crippen MR) is 184 cm³/mol. The number of carboxylic acids is 1. The molecule has 17 atom stereocenters. The maximum atomic E-state index is 13.5. The zero-order valence-corrected chi connectivity index (χ0v) is 31.2. The standard InChI is InChI=1S/C41H60O10/c1-19-21-10-28(33(11-21)40(48)51-41(3,4)5)26(19)17-34-35(39(47)50-38(34)46)18-27-23-13-29(32(15-23)37(45)49-9-7-6-8-42)30(27)16-24-20(2)25-12-22(24)14-31(25)36(43)44/h19-35,42H,6-18H2,1-5H3,(H,43,44). The van der Waals surface area contributed by atoms with Crippen LogP contribution < -0.4 is 0 Å². The number of aliphatic carboxylic acids is 1. The van der Waals surface area contributed by atoms with Gasteiger partial charge in [-0.2, -0.15) is 0 Å². The molecule has 7 rings (SSSR count). The number of aliphatic hydroxyl groups is 1. The largest absolute Gasteiger partial charge is 0.481 e. The van der Waals surface area contributed by atoms with Crippen LogP contribution in [-0.2, 0) is 38.2 Å². The number of hydrogen-bond acceptors (Lipinski definition) is 9. The summed E-state index contributed by atoms with van der Waals surface area (Å²) in [6.45, 7) is 10.5. The molecular formula is C41H60O10. The Morgan fingerprint density at radius 2 is 1.25 bits per heavy atom. The number of carbonyl (C=O) groups excluding carboxylic acids is 4. The Bertz CT molecular complexity index is 1380. The van der Waals surface area contributed by atoms with Gasteiger partial charge < -0.3 is 24.4 Å². The summed E-state index contributed by atoms with van der Waals surface area (Å²) in [7, 11) is 0. The molecule has 284 valence electrons. The highest BCUT2D eigenvalue weighted by molar-refractivity contribution is 5.96. The first-order valence-electron chi connectivity index (χ1n) is 20.1. The highest BCUT2D eigenvalue weighted by Crippen LogP contribution is 2.64. The second-order valence-corrected chi connectivity index (χ2v) is 19.0. The van der Waals surface area contributed by atoms with Crippen LogP contribution in [0.4, 0.5) is 0 Å². The first-order chi connectivity index (χ1) is 24.2. The molecule has 7 aliphatic rings. The van der Waals surface area contributed by atoms with Crippen molar-refractivity contribution >= 4 is 29.8 Å². The molecule has 0 spiro atoms. The predicted octanol–water partition coefficient (Wildman–Crippen LogP) is 5.92. The lowest BCUT2D eigenvalue weighted by Gasteiger charge is -2.41. The fraction of sp³-hybridized carbons (Fsp3) is 0.878. The van der Waals surface area contributed by atoms with Crippen LogP contribution in [0.2, 0.25) is 0 Å². The smallest absolute Gasteiger partial charge is 0.317 e. The zero-order chi connectivity index (χ0) is 36.5. The van der Waals surface area contributed by atoms with Gasteiger partial charge in [0.25, 0.3) is 0 Å². The Morgan fingerprint density at radius 1 is 0.686 bits per heavy atom. The Morgan fingerprint density at radius 3 is 1.88 bits per heavy atom. The maximum Gasteiger partial charge on any atom is 0.317 e. The van der Waals surface area contributed by atoms with Gasteiger partial charge in [-0.05, 0) is 162 Å². The lowest BCUT2D eigenvalue weighted by molar-refractivity contribution is -0.163. The number of cyclic esters (lactones) is 2. The van der Waals surface area contributed by atoms with Crippen LogP contribution in [0.3, 0.4) is 0 Å². The van der Waals surface area contributed by atoms with Crippen molar-refractivity contribution in [1.82, 2.24) is 0 Å². The molecule has 51 heavy (non-hydrogen) atoms. The van der Waals surface area contributed by atoms with Gasteiger partial charge in [-0.3, -0.25) is 24.0 Å². The van der Waals surface area contributed by atoms with E-state index in [-0.39, 0.29) is 83.6 Å². The monoisotopic (exact) mass is 712 g/mol. The molecule has 0 aromatic carbocycles. The first kappa shape index (κ1) is 36.9. The molecule has 0 aromatic heterocycles. The summed E-state index contributed by atoms with van der Waals surface area (Å²) in [5.41, 5.74) is -0.562. The van der Waals surface area contributed by atoms with Gasteiger partial charge in [-0.15, -0.1) is 0 Å². The normalized spacial score (nSPS) is 45.1. The summed E-state index contributed by atoms with van der Waals surface area (Å²) in [6.07, 6.45) is 8.30. The average Bonchev–Trinajstić information content (AvgIpc) is 3.92. The average molecular weight is 713 g/mol. The molecule has 7 fully saturated rings. The molecule has 17 unspecified atom stereocenters. The molecule has 0 amide bonds. The molecule has 0 radical (unpaired) electrons. The zero-order valence-electron chi connectivity index (χ0n) is 31.2. The van der Waals surface area contributed by atoms with Gasteiger partial charge in [0.05, 0.1) is 36.2 Å². The van der Waals surface area contributed by atoms with Gasteiger partial charge in [-0.1, -0.05) is 13.8 Å². The molecule has 10 nitrogen and oxygen atoms in total. The number of rotatable bonds is 13. The molecule has 1 aliphatic heterocycles. The van der Waals surface area contributed by atoms with Crippen molar-refractivity contribution in [3.05, 3.63) is 0 Å². The van der Waals surface area contributed by atoms with Crippen molar-refractivity contribution in [2.75, 3.05) is 13.2 Å². The second kappa shape index (κ2) is 14.1. The van der Waals surface area contributed by atoms with Gasteiger partial charge in [0.1, 0.15) is 5.60 Å². The van der Waals surface area contributed by atoms with E-state index in [9.17, 15) is 29.1 Å². The lowest BCUT2D eigenvalue weighted by atomic mass is 9.63. The van der Waals surface area contributed by atoms with E-state index in [1.807, 2.05) is 20.8 Å². The number of esters is 4. The van der Waals surface area contributed by atoms with Crippen LogP contribution in [-0.4, -0.2) is 58.9 Å². The van der Waals surface area contributed by atoms with Crippen molar-refractivity contribution < 1.29 is 48.4 Å². The summed E-state index contributed by atoms with van der Waals surface area (Å²) in [4.78, 5) is 65.6. The molecule has 6 aliphatic carbocycles. The number of aliphatic hydroxyl groups excluding tert-OH is 1. The van der Waals surface area contributed by atoms with E-state index in [2.05, 4.69) is 13.8 Å². The summed E-state index contributed by atoms with van der Waals surface area (Å²) in [5, 5.41) is 19.0. The Kier molecular flexibility index (Phi) is 10.2. The fourth-order valence-electron chi connectivity index (χ4n) is 13.4. The van der Waals surface area contributed by atoms with Crippen LogP contribution in [0, 0.1) is 101 Å². The number of fused-ring (bicyclic) bond motifs is 6. The summed E-state index contributed by atoms with van der Waals surface area (Å²) in [6, 6.07) is 0. The van der Waals surface area contributed by atoms with Crippen molar-refractivity contribution in [2.45, 2.75) is 111 Å². The van der Waals surface area contributed by atoms with E-state index in [1.165, 1.54) is 0 Å². The van der Waals surface area contributed by atoms with Crippen LogP contribution in [0.15, 0.2) is 0 Å². The van der Waals surface area contributed by atoms with Crippen LogP contribution in [0.25, 0.3) is 0 Å². The van der Waals surface area contributed by atoms with Crippen molar-refractivity contribution in [2.24, 2.45) is 101 Å². The van der Waals surface area contributed by atoms with E-state index in [0.29, 0.717) is 62.4 Å². The van der Waals surface area contributed by atoms with E-state index in [4.69, 9.17) is 19.3 Å². The number of ether oxygens (including phenoxy) is 3. The van der Waals surface area contributed by atoms with Crippen molar-refractivity contribution in [3.8, 4) is 0 Å². The summed E-state index contributed by atoms with van der Waals surface area (Å²) >= 11 is 0. The molecule has 1 saturated heterocycles. The quantitative estimate of drug-likeness (QED) is 0.102. The Hall–Kier alpha value is -2.49. The van der Waals surface area contributed by atoms with Gasteiger partial charge in [-0.25, -0.2) is 0 Å². The molecule has 6 saturated carbocycles. The van der Waals surface area contributed by atoms with E-state index >= 15 is 0 Å². The SMILES string of the molecule is CC1C(CC2C(CC3C(=O)OC(=O)C3CC3C(C)C4CC(C(=O)OC(C)(C)C)C3C4)C3CC(C(=O)OCCCCO)C2C3)C2CC(C(=O)O)C1C2. The van der Waals surface area contributed by atoms with Gasteiger partial charge in [0.2, 0.25) is 0 Å². The third kappa shape index (κ3) is 6.78. The highest BCUT2D eigenvalue weighted by Gasteiger charge is 2.61. The second-order valence-electron chi connectivity index (χ2n) is 19.0. The minimum absolute atomic E-state index is 0.0677. The van der Waals surface area contributed by atoms with Crippen LogP contribution in [0.5, 0.6) is 0 Å². The van der Waals surface area contributed by atoms with E-state index < -0.39 is 35.3 Å². The number of unbranched alkanes of at least 4 members (excludes halogenated alkanes) is 1. The third-order valence-corrected chi connectivity index (χ3v) is 15.6. The molecular weight excluding hydrogens is 652 g/mol. The Balaban J connectivity index is 1.08. The number of carbonyl (C=O) groups is 5. The minimum atomic E-state index is -0.688.